The first-order valence-corrected chi connectivity index (χ1v) is 8.54. The third-order valence-corrected chi connectivity index (χ3v) is 5.15. The zero-order valence-electron chi connectivity index (χ0n) is 13.2. The van der Waals surface area contributed by atoms with Crippen LogP contribution >= 0.6 is 15.9 Å². The first-order valence-electron chi connectivity index (χ1n) is 7.75. The highest BCUT2D eigenvalue weighted by Crippen LogP contribution is 2.35. The number of anilines is 2. The molecule has 1 saturated carbocycles. The van der Waals surface area contributed by atoms with Crippen molar-refractivity contribution in [2.24, 2.45) is 0 Å². The molecule has 1 aromatic rings. The molecule has 0 amide bonds. The summed E-state index contributed by atoms with van der Waals surface area (Å²) in [6.07, 6.45) is 7.81. The summed E-state index contributed by atoms with van der Waals surface area (Å²) in [5.74, 6) is 1.73. The third kappa shape index (κ3) is 3.86. The van der Waals surface area contributed by atoms with Crippen LogP contribution in [0.4, 0.5) is 11.6 Å². The molecule has 0 saturated heterocycles. The lowest BCUT2D eigenvalue weighted by atomic mass is 9.96. The Labute approximate surface area is 136 Å². The molecular formula is C15H26BrN5. The van der Waals surface area contributed by atoms with Gasteiger partial charge in [-0.3, -0.25) is 0 Å². The van der Waals surface area contributed by atoms with Crippen LogP contribution < -0.4 is 10.6 Å². The maximum Gasteiger partial charge on any atom is 0.146 e. The standard InChI is InChI=1S/C15H26BrN5/c1-4-9-17-13-12(16)14(20-11-19-13)18-10-15(21(2)3)7-5-6-8-15/h11H,4-10H2,1-3H3,(H2,17,18,19,20). The van der Waals surface area contributed by atoms with Crippen LogP contribution in [0.2, 0.25) is 0 Å². The Balaban J connectivity index is 2.05. The molecule has 1 aromatic heterocycles. The molecule has 1 aliphatic rings. The zero-order chi connectivity index (χ0) is 15.3. The van der Waals surface area contributed by atoms with Crippen molar-refractivity contribution in [3.05, 3.63) is 10.8 Å². The molecule has 0 aromatic carbocycles. The molecule has 1 heterocycles. The van der Waals surface area contributed by atoms with Crippen LogP contribution in [0.25, 0.3) is 0 Å². The Morgan fingerprint density at radius 2 is 1.81 bits per heavy atom. The number of nitrogens with one attached hydrogen (secondary N) is 2. The quantitative estimate of drug-likeness (QED) is 0.785. The molecule has 0 aliphatic heterocycles. The summed E-state index contributed by atoms with van der Waals surface area (Å²) in [5.41, 5.74) is 0.251. The number of halogens is 1. The minimum atomic E-state index is 0.251. The normalized spacial score (nSPS) is 17.2. The number of rotatable bonds is 7. The van der Waals surface area contributed by atoms with Crippen molar-refractivity contribution < 1.29 is 0 Å². The molecule has 0 atom stereocenters. The van der Waals surface area contributed by atoms with E-state index in [-0.39, 0.29) is 5.54 Å². The lowest BCUT2D eigenvalue weighted by Crippen LogP contribution is -2.47. The van der Waals surface area contributed by atoms with Crippen molar-refractivity contribution in [2.75, 3.05) is 37.8 Å². The van der Waals surface area contributed by atoms with E-state index in [4.69, 9.17) is 0 Å². The second-order valence-corrected chi connectivity index (χ2v) is 6.78. The highest BCUT2D eigenvalue weighted by Gasteiger charge is 2.35. The summed E-state index contributed by atoms with van der Waals surface area (Å²) >= 11 is 3.61. The first-order chi connectivity index (χ1) is 10.1. The van der Waals surface area contributed by atoms with E-state index in [1.165, 1.54) is 25.7 Å². The SMILES string of the molecule is CCCNc1ncnc(NCC2(N(C)C)CCCC2)c1Br. The van der Waals surface area contributed by atoms with E-state index in [9.17, 15) is 0 Å². The number of hydrogen-bond acceptors (Lipinski definition) is 5. The van der Waals surface area contributed by atoms with Crippen molar-refractivity contribution >= 4 is 27.6 Å². The minimum Gasteiger partial charge on any atom is -0.369 e. The lowest BCUT2D eigenvalue weighted by Gasteiger charge is -2.36. The maximum absolute atomic E-state index is 4.37. The summed E-state index contributed by atoms with van der Waals surface area (Å²) in [6.45, 7) is 3.97. The molecule has 1 fully saturated rings. The third-order valence-electron chi connectivity index (χ3n) is 4.40. The van der Waals surface area contributed by atoms with Gasteiger partial charge in [0.05, 0.1) is 0 Å². The molecule has 6 heteroatoms. The average Bonchev–Trinajstić information content (AvgIpc) is 2.95. The van der Waals surface area contributed by atoms with Crippen LogP contribution in [0.3, 0.4) is 0 Å². The number of nitrogens with zero attached hydrogens (tertiary/aromatic N) is 3. The van der Waals surface area contributed by atoms with Crippen LogP contribution in [-0.4, -0.2) is 47.6 Å². The van der Waals surface area contributed by atoms with Gasteiger partial charge in [-0.1, -0.05) is 19.8 Å². The van der Waals surface area contributed by atoms with Crippen molar-refractivity contribution in [3.8, 4) is 0 Å². The molecular weight excluding hydrogens is 330 g/mol. The Hall–Kier alpha value is -0.880. The van der Waals surface area contributed by atoms with Gasteiger partial charge >= 0.3 is 0 Å². The zero-order valence-corrected chi connectivity index (χ0v) is 14.8. The monoisotopic (exact) mass is 355 g/mol. The van der Waals surface area contributed by atoms with Crippen LogP contribution in [0, 0.1) is 0 Å². The number of likely N-dealkylation sites (N-methyl/N-ethyl adjacent to an activating group) is 1. The molecule has 2 N–H and O–H groups in total. The average molecular weight is 356 g/mol. The largest absolute Gasteiger partial charge is 0.369 e. The lowest BCUT2D eigenvalue weighted by molar-refractivity contribution is 0.172. The van der Waals surface area contributed by atoms with Gasteiger partial charge in [0.25, 0.3) is 0 Å². The second kappa shape index (κ2) is 7.40. The van der Waals surface area contributed by atoms with E-state index in [1.807, 2.05) is 0 Å². The van der Waals surface area contributed by atoms with Gasteiger partial charge in [-0.25, -0.2) is 9.97 Å². The second-order valence-electron chi connectivity index (χ2n) is 5.99. The summed E-state index contributed by atoms with van der Waals surface area (Å²) in [5, 5.41) is 6.83. The fourth-order valence-electron chi connectivity index (χ4n) is 2.92. The van der Waals surface area contributed by atoms with Gasteiger partial charge < -0.3 is 15.5 Å². The van der Waals surface area contributed by atoms with Crippen molar-refractivity contribution in [2.45, 2.75) is 44.6 Å². The Morgan fingerprint density at radius 1 is 1.19 bits per heavy atom. The highest BCUT2D eigenvalue weighted by molar-refractivity contribution is 9.10. The minimum absolute atomic E-state index is 0.251. The molecule has 1 aliphatic carbocycles. The number of hydrogen-bond donors (Lipinski definition) is 2. The van der Waals surface area contributed by atoms with Gasteiger partial charge in [0.1, 0.15) is 22.4 Å². The molecule has 0 radical (unpaired) electrons. The predicted octanol–water partition coefficient (Wildman–Crippen LogP) is 3.35. The van der Waals surface area contributed by atoms with Crippen LogP contribution in [0.5, 0.6) is 0 Å². The van der Waals surface area contributed by atoms with Gasteiger partial charge in [-0.15, -0.1) is 0 Å². The summed E-state index contributed by atoms with van der Waals surface area (Å²) < 4.78 is 0.922. The van der Waals surface area contributed by atoms with Crippen molar-refractivity contribution in [1.82, 2.24) is 14.9 Å². The van der Waals surface area contributed by atoms with E-state index in [0.717, 1.165) is 35.6 Å². The fraction of sp³-hybridized carbons (Fsp3) is 0.733. The summed E-state index contributed by atoms with van der Waals surface area (Å²) in [6, 6.07) is 0. The van der Waals surface area contributed by atoms with E-state index >= 15 is 0 Å². The molecule has 0 spiro atoms. The van der Waals surface area contributed by atoms with Crippen LogP contribution in [0.15, 0.2) is 10.8 Å². The first kappa shape index (κ1) is 16.5. The summed E-state index contributed by atoms with van der Waals surface area (Å²) in [7, 11) is 4.35. The van der Waals surface area contributed by atoms with Gasteiger partial charge in [0.2, 0.25) is 0 Å². The van der Waals surface area contributed by atoms with E-state index in [1.54, 1.807) is 6.33 Å². The number of aromatic nitrogens is 2. The molecule has 5 nitrogen and oxygen atoms in total. The molecule has 21 heavy (non-hydrogen) atoms. The van der Waals surface area contributed by atoms with Gasteiger partial charge in [0, 0.05) is 18.6 Å². The van der Waals surface area contributed by atoms with E-state index < -0.39 is 0 Å². The van der Waals surface area contributed by atoms with Gasteiger partial charge in [0.15, 0.2) is 0 Å². The Bertz CT molecular complexity index is 457. The highest BCUT2D eigenvalue weighted by atomic mass is 79.9. The smallest absolute Gasteiger partial charge is 0.146 e. The Morgan fingerprint density at radius 3 is 2.38 bits per heavy atom. The molecule has 2 rings (SSSR count). The van der Waals surface area contributed by atoms with Crippen LogP contribution in [-0.2, 0) is 0 Å². The predicted molar refractivity (Wildman–Crippen MR) is 91.9 cm³/mol. The van der Waals surface area contributed by atoms with Crippen LogP contribution in [0.1, 0.15) is 39.0 Å². The van der Waals surface area contributed by atoms with Crippen molar-refractivity contribution in [3.63, 3.8) is 0 Å². The fourth-order valence-corrected chi connectivity index (χ4v) is 3.41. The molecule has 0 unspecified atom stereocenters. The van der Waals surface area contributed by atoms with E-state index in [2.05, 4.69) is 62.5 Å². The molecule has 0 bridgehead atoms. The van der Waals surface area contributed by atoms with E-state index in [0.29, 0.717) is 0 Å². The molecule has 118 valence electrons. The Kier molecular flexibility index (Phi) is 5.81. The topological polar surface area (TPSA) is 53.1 Å². The van der Waals surface area contributed by atoms with Crippen molar-refractivity contribution in [1.29, 1.82) is 0 Å². The summed E-state index contributed by atoms with van der Waals surface area (Å²) in [4.78, 5) is 11.0. The van der Waals surface area contributed by atoms with Gasteiger partial charge in [-0.05, 0) is 49.3 Å². The maximum atomic E-state index is 4.37. The van der Waals surface area contributed by atoms with Gasteiger partial charge in [-0.2, -0.15) is 0 Å².